The Morgan fingerprint density at radius 3 is 1.55 bits per heavy atom. The van der Waals surface area contributed by atoms with Crippen molar-refractivity contribution in [1.29, 1.82) is 0 Å². The molecule has 29 heavy (non-hydrogen) atoms. The number of anilines is 2. The van der Waals surface area contributed by atoms with Crippen molar-refractivity contribution in [2.24, 2.45) is 0 Å². The second-order valence-electron chi connectivity index (χ2n) is 10.7. The Balaban J connectivity index is 2.77. The maximum absolute atomic E-state index is 13.1. The molecule has 0 unspecified atom stereocenters. The fourth-order valence-electron chi connectivity index (χ4n) is 3.09. The molecule has 0 aliphatic carbocycles. The predicted molar refractivity (Wildman–Crippen MR) is 113 cm³/mol. The van der Waals surface area contributed by atoms with Crippen molar-refractivity contribution in [3.8, 4) is 0 Å². The highest BCUT2D eigenvalue weighted by molar-refractivity contribution is 5.98. The number of amidine groups is 1. The Morgan fingerprint density at radius 1 is 0.897 bits per heavy atom. The van der Waals surface area contributed by atoms with Crippen molar-refractivity contribution in [1.82, 2.24) is 5.06 Å². The maximum Gasteiger partial charge on any atom is 0.316 e. The average Bonchev–Trinajstić information content (AvgIpc) is 2.69. The highest BCUT2D eigenvalue weighted by atomic mass is 16.5. The molecule has 1 aliphatic rings. The topological polar surface area (TPSA) is 96.1 Å². The minimum Gasteiger partial charge on any atom is -0.714 e. The van der Waals surface area contributed by atoms with Crippen LogP contribution in [0.3, 0.4) is 0 Å². The molecule has 8 heteroatoms. The van der Waals surface area contributed by atoms with Crippen molar-refractivity contribution in [3.05, 3.63) is 29.0 Å². The fraction of sp³-hybridized carbons (Fsp3) is 0.667. The molecule has 2 rings (SSSR count). The quantitative estimate of drug-likeness (QED) is 0.444. The predicted octanol–water partition coefficient (Wildman–Crippen LogP) is 4.15. The van der Waals surface area contributed by atoms with E-state index in [1.54, 1.807) is 45.9 Å². The highest BCUT2D eigenvalue weighted by Gasteiger charge is 2.60. The van der Waals surface area contributed by atoms with Gasteiger partial charge < -0.3 is 5.21 Å². The molecule has 2 N–H and O–H groups in total. The molecule has 0 spiro atoms. The molecule has 0 aromatic heterocycles. The van der Waals surface area contributed by atoms with Gasteiger partial charge in [0.15, 0.2) is 5.54 Å². The molecule has 1 aliphatic heterocycles. The second-order valence-corrected chi connectivity index (χ2v) is 10.7. The van der Waals surface area contributed by atoms with Gasteiger partial charge in [0.25, 0.3) is 0 Å². The minimum absolute atomic E-state index is 0.0484. The zero-order valence-corrected chi connectivity index (χ0v) is 19.2. The molecule has 1 heterocycles. The lowest BCUT2D eigenvalue weighted by atomic mass is 9.84. The first kappa shape index (κ1) is 23.3. The summed E-state index contributed by atoms with van der Waals surface area (Å²) >= 11 is 0. The van der Waals surface area contributed by atoms with E-state index in [0.717, 1.165) is 19.9 Å². The van der Waals surface area contributed by atoms with Crippen LogP contribution in [-0.2, 0) is 5.21 Å². The van der Waals surface area contributed by atoms with Gasteiger partial charge in [-0.25, -0.2) is 0 Å². The molecule has 0 atom stereocenters. The van der Waals surface area contributed by atoms with Gasteiger partial charge in [0.05, 0.1) is 28.0 Å². The molecule has 0 fully saturated rings. The normalized spacial score (nSPS) is 19.0. The molecule has 1 aromatic rings. The van der Waals surface area contributed by atoms with Gasteiger partial charge in [-0.15, -0.1) is 0 Å². The molecule has 0 bridgehead atoms. The molecular weight excluding hydrogens is 372 g/mol. The molecule has 8 nitrogen and oxygen atoms in total. The summed E-state index contributed by atoms with van der Waals surface area (Å²) in [6.45, 7) is 17.9. The van der Waals surface area contributed by atoms with Gasteiger partial charge in [0.2, 0.25) is 0 Å². The summed E-state index contributed by atoms with van der Waals surface area (Å²) in [5.41, 5.74) is -2.14. The van der Waals surface area contributed by atoms with Gasteiger partial charge in [0.1, 0.15) is 5.54 Å². The van der Waals surface area contributed by atoms with Gasteiger partial charge in [-0.05, 0) is 87.4 Å². The minimum atomic E-state index is -0.966. The van der Waals surface area contributed by atoms with Crippen molar-refractivity contribution < 1.29 is 20.4 Å². The van der Waals surface area contributed by atoms with Gasteiger partial charge >= 0.3 is 5.84 Å². The average molecular weight is 408 g/mol. The van der Waals surface area contributed by atoms with Crippen LogP contribution < -0.4 is 10.1 Å². The first-order valence-corrected chi connectivity index (χ1v) is 9.79. The summed E-state index contributed by atoms with van der Waals surface area (Å²) in [6, 6.07) is 4.80. The van der Waals surface area contributed by atoms with Gasteiger partial charge in [-0.1, -0.05) is 5.06 Å². The number of hydroxylamine groups is 5. The van der Waals surface area contributed by atoms with E-state index in [1.807, 2.05) is 41.5 Å². The number of hydrogen-bond acceptors (Lipinski definition) is 6. The monoisotopic (exact) mass is 407 g/mol. The van der Waals surface area contributed by atoms with Crippen LogP contribution in [0.2, 0.25) is 0 Å². The van der Waals surface area contributed by atoms with Gasteiger partial charge in [-0.3, -0.25) is 25.3 Å². The van der Waals surface area contributed by atoms with E-state index in [-0.39, 0.29) is 5.84 Å². The van der Waals surface area contributed by atoms with Crippen molar-refractivity contribution in [2.45, 2.75) is 91.4 Å². The first-order chi connectivity index (χ1) is 12.8. The molecular formula is C21H35N4O4. The van der Waals surface area contributed by atoms with Crippen LogP contribution in [0.1, 0.15) is 74.8 Å². The van der Waals surface area contributed by atoms with E-state index in [0.29, 0.717) is 16.9 Å². The van der Waals surface area contributed by atoms with Crippen molar-refractivity contribution in [2.75, 3.05) is 10.1 Å². The van der Waals surface area contributed by atoms with E-state index in [1.165, 1.54) is 0 Å². The van der Waals surface area contributed by atoms with E-state index in [9.17, 15) is 20.8 Å². The van der Waals surface area contributed by atoms with Gasteiger partial charge in [0, 0.05) is 5.21 Å². The summed E-state index contributed by atoms with van der Waals surface area (Å²) in [5.74, 6) is -0.0484. The van der Waals surface area contributed by atoms with Crippen LogP contribution in [0.15, 0.2) is 18.2 Å². The maximum atomic E-state index is 13.1. The van der Waals surface area contributed by atoms with Crippen LogP contribution in [0.4, 0.5) is 11.4 Å². The fourth-order valence-corrected chi connectivity index (χ4v) is 3.09. The third-order valence-electron chi connectivity index (χ3n) is 5.82. The lowest BCUT2D eigenvalue weighted by Crippen LogP contribution is -2.53. The summed E-state index contributed by atoms with van der Waals surface area (Å²) in [5, 5.41) is 50.5. The highest BCUT2D eigenvalue weighted by Crippen LogP contribution is 2.39. The molecule has 0 amide bonds. The van der Waals surface area contributed by atoms with Crippen LogP contribution in [0, 0.1) is 5.21 Å². The summed E-state index contributed by atoms with van der Waals surface area (Å²) in [4.78, 5) is 0. The lowest BCUT2D eigenvalue weighted by Gasteiger charge is -2.35. The van der Waals surface area contributed by atoms with Crippen LogP contribution in [-0.4, -0.2) is 48.2 Å². The Kier molecular flexibility index (Phi) is 5.41. The standard InChI is InChI=1S/C21H35N4O4/c1-18(2,3)22(26)15-11-14(12-16(13-15)23(27)19(4,5)6)17-24(28)20(7,8)21(9,10)25(17)29/h11-13,26-27H,1-10H3. The van der Waals surface area contributed by atoms with E-state index in [2.05, 4.69) is 0 Å². The molecule has 0 saturated heterocycles. The molecule has 1 aromatic carbocycles. The number of nitrogens with zero attached hydrogens (tertiary/aromatic N) is 4. The summed E-state index contributed by atoms with van der Waals surface area (Å²) < 4.78 is 0.723. The number of benzene rings is 1. The van der Waals surface area contributed by atoms with Crippen LogP contribution >= 0.6 is 0 Å². The third-order valence-corrected chi connectivity index (χ3v) is 5.82. The molecule has 0 saturated carbocycles. The SMILES string of the molecule is CC(C)(C)N(O)c1cc(C2=[N+]([O-])C(C)(C)C(C)(C)N2[O])cc(N(O)C(C)(C)C)c1. The van der Waals surface area contributed by atoms with E-state index < -0.39 is 22.2 Å². The smallest absolute Gasteiger partial charge is 0.316 e. The number of hydrogen-bond donors (Lipinski definition) is 2. The van der Waals surface area contributed by atoms with E-state index in [4.69, 9.17) is 0 Å². The van der Waals surface area contributed by atoms with Crippen LogP contribution in [0.25, 0.3) is 0 Å². The summed E-state index contributed by atoms with van der Waals surface area (Å²) in [7, 11) is 0. The van der Waals surface area contributed by atoms with Crippen molar-refractivity contribution in [3.63, 3.8) is 0 Å². The zero-order chi connectivity index (χ0) is 22.7. The van der Waals surface area contributed by atoms with Crippen LogP contribution in [0.5, 0.6) is 0 Å². The molecule has 163 valence electrons. The van der Waals surface area contributed by atoms with E-state index >= 15 is 0 Å². The zero-order valence-electron chi connectivity index (χ0n) is 19.2. The largest absolute Gasteiger partial charge is 0.714 e. The van der Waals surface area contributed by atoms with Gasteiger partial charge in [-0.2, -0.15) is 0 Å². The third kappa shape index (κ3) is 3.76. The Morgan fingerprint density at radius 2 is 1.28 bits per heavy atom. The van der Waals surface area contributed by atoms with Crippen molar-refractivity contribution >= 4 is 17.2 Å². The Bertz CT molecular complexity index is 781. The summed E-state index contributed by atoms with van der Waals surface area (Å²) in [6.07, 6.45) is 0. The number of rotatable bonds is 3. The second kappa shape index (κ2) is 6.75. The molecule has 1 radical (unpaired) electrons. The Labute approximate surface area is 173 Å². The lowest BCUT2D eigenvalue weighted by molar-refractivity contribution is -0.539. The first-order valence-electron chi connectivity index (χ1n) is 9.79. The Hall–Kier alpha value is -2.03.